The van der Waals surface area contributed by atoms with Crippen LogP contribution in [0.4, 0.5) is 11.9 Å². The molecule has 9 heteroatoms. The van der Waals surface area contributed by atoms with Gasteiger partial charge in [0, 0.05) is 18.0 Å². The Morgan fingerprint density at radius 1 is 0.833 bits per heavy atom. The quantitative estimate of drug-likeness (QED) is 0.533. The monoisotopic (exact) mass is 399 g/mol. The topological polar surface area (TPSA) is 115 Å². The zero-order valence-corrected chi connectivity index (χ0v) is 16.0. The Bertz CT molecular complexity index is 1190. The fourth-order valence-electron chi connectivity index (χ4n) is 2.77. The highest BCUT2D eigenvalue weighted by atomic mass is 16.2. The maximum absolute atomic E-state index is 12.6. The number of hydrogen-bond acceptors (Lipinski definition) is 6. The highest BCUT2D eigenvalue weighted by Gasteiger charge is 2.19. The van der Waals surface area contributed by atoms with Gasteiger partial charge < -0.3 is 0 Å². The number of para-hydroxylation sites is 1. The van der Waals surface area contributed by atoms with E-state index >= 15 is 0 Å². The van der Waals surface area contributed by atoms with Crippen LogP contribution < -0.4 is 10.6 Å². The van der Waals surface area contributed by atoms with Gasteiger partial charge in [0.25, 0.3) is 17.8 Å². The lowest BCUT2D eigenvalue weighted by atomic mass is 10.1. The van der Waals surface area contributed by atoms with E-state index in [1.807, 2.05) is 37.3 Å². The lowest BCUT2D eigenvalue weighted by molar-refractivity contribution is 0.101. The van der Waals surface area contributed by atoms with Crippen molar-refractivity contribution in [2.24, 2.45) is 0 Å². The molecule has 0 aliphatic heterocycles. The van der Waals surface area contributed by atoms with Gasteiger partial charge in [0.15, 0.2) is 0 Å². The molecule has 4 aromatic rings. The SMILES string of the molecule is Cc1ccccc1C(=O)Nc1nc(NC(=O)c2ncccn2)n(-c2ccccc2)n1. The summed E-state index contributed by atoms with van der Waals surface area (Å²) in [6, 6.07) is 17.9. The third-order valence-corrected chi connectivity index (χ3v) is 4.22. The molecule has 2 amide bonds. The molecule has 0 unspecified atom stereocenters. The predicted octanol–water partition coefficient (Wildman–Crippen LogP) is 2.87. The van der Waals surface area contributed by atoms with Crippen LogP contribution in [0, 0.1) is 6.92 Å². The molecule has 0 bridgehead atoms. The van der Waals surface area contributed by atoms with E-state index in [9.17, 15) is 9.59 Å². The van der Waals surface area contributed by atoms with Crippen LogP contribution in [0.5, 0.6) is 0 Å². The van der Waals surface area contributed by atoms with Crippen molar-refractivity contribution in [3.63, 3.8) is 0 Å². The Morgan fingerprint density at radius 2 is 1.53 bits per heavy atom. The van der Waals surface area contributed by atoms with Crippen LogP contribution in [0.3, 0.4) is 0 Å². The summed E-state index contributed by atoms with van der Waals surface area (Å²) in [5, 5.41) is 9.66. The third kappa shape index (κ3) is 4.04. The first-order valence-electron chi connectivity index (χ1n) is 9.09. The molecule has 0 radical (unpaired) electrons. The second-order valence-electron chi connectivity index (χ2n) is 6.30. The van der Waals surface area contributed by atoms with Crippen molar-refractivity contribution in [1.29, 1.82) is 0 Å². The average Bonchev–Trinajstić information content (AvgIpc) is 3.17. The molecule has 0 atom stereocenters. The van der Waals surface area contributed by atoms with Gasteiger partial charge in [-0.2, -0.15) is 9.67 Å². The summed E-state index contributed by atoms with van der Waals surface area (Å²) in [4.78, 5) is 37.3. The van der Waals surface area contributed by atoms with E-state index in [1.165, 1.54) is 17.1 Å². The molecule has 2 N–H and O–H groups in total. The lowest BCUT2D eigenvalue weighted by Gasteiger charge is -2.06. The van der Waals surface area contributed by atoms with Crippen LogP contribution in [-0.4, -0.2) is 36.5 Å². The molecule has 0 aliphatic rings. The Morgan fingerprint density at radius 3 is 2.27 bits per heavy atom. The Labute approximate surface area is 171 Å². The third-order valence-electron chi connectivity index (χ3n) is 4.22. The highest BCUT2D eigenvalue weighted by Crippen LogP contribution is 2.17. The van der Waals surface area contributed by atoms with E-state index in [1.54, 1.807) is 30.3 Å². The van der Waals surface area contributed by atoms with Crippen LogP contribution in [0.1, 0.15) is 26.5 Å². The van der Waals surface area contributed by atoms with Gasteiger partial charge in [0.2, 0.25) is 11.8 Å². The minimum Gasteiger partial charge on any atom is -0.289 e. The maximum Gasteiger partial charge on any atom is 0.295 e. The summed E-state index contributed by atoms with van der Waals surface area (Å²) in [6.45, 7) is 1.84. The van der Waals surface area contributed by atoms with Gasteiger partial charge >= 0.3 is 0 Å². The van der Waals surface area contributed by atoms with Crippen molar-refractivity contribution in [2.75, 3.05) is 10.6 Å². The standard InChI is InChI=1S/C21H17N7O2/c1-14-8-5-6-11-16(14)18(29)24-20-26-21(25-19(30)17-22-12-7-13-23-17)28(27-20)15-9-3-2-4-10-15/h2-13H,1H3,(H2,24,25,26,27,29,30). The Balaban J connectivity index is 1.65. The molecule has 0 fully saturated rings. The first-order chi connectivity index (χ1) is 14.6. The molecule has 0 spiro atoms. The molecule has 2 aromatic carbocycles. The number of rotatable bonds is 5. The fourth-order valence-corrected chi connectivity index (χ4v) is 2.77. The van der Waals surface area contributed by atoms with Gasteiger partial charge in [-0.25, -0.2) is 9.97 Å². The molecule has 2 heterocycles. The fraction of sp³-hybridized carbons (Fsp3) is 0.0476. The van der Waals surface area contributed by atoms with Gasteiger partial charge in [0.05, 0.1) is 5.69 Å². The Kier molecular flexibility index (Phi) is 5.25. The minimum absolute atomic E-state index is 0.00870. The van der Waals surface area contributed by atoms with Crippen molar-refractivity contribution < 1.29 is 9.59 Å². The number of aryl methyl sites for hydroxylation is 1. The van der Waals surface area contributed by atoms with Crippen LogP contribution in [0.25, 0.3) is 5.69 Å². The number of anilines is 2. The van der Waals surface area contributed by atoms with Crippen molar-refractivity contribution in [3.05, 3.63) is 90.0 Å². The zero-order chi connectivity index (χ0) is 20.9. The Hall–Kier alpha value is -4.40. The molecular formula is C21H17N7O2. The zero-order valence-electron chi connectivity index (χ0n) is 16.0. The number of carbonyl (C=O) groups excluding carboxylic acids is 2. The van der Waals surface area contributed by atoms with E-state index in [-0.39, 0.29) is 23.6 Å². The van der Waals surface area contributed by atoms with E-state index < -0.39 is 5.91 Å². The molecule has 2 aromatic heterocycles. The molecule has 4 rings (SSSR count). The highest BCUT2D eigenvalue weighted by molar-refractivity contribution is 6.04. The van der Waals surface area contributed by atoms with E-state index in [4.69, 9.17) is 0 Å². The molecule has 148 valence electrons. The first kappa shape index (κ1) is 18.9. The van der Waals surface area contributed by atoms with Gasteiger partial charge in [-0.1, -0.05) is 36.4 Å². The number of amides is 2. The smallest absolute Gasteiger partial charge is 0.289 e. The van der Waals surface area contributed by atoms with Crippen molar-refractivity contribution >= 4 is 23.7 Å². The number of nitrogens with one attached hydrogen (secondary N) is 2. The van der Waals surface area contributed by atoms with Gasteiger partial charge in [-0.3, -0.25) is 20.2 Å². The maximum atomic E-state index is 12.6. The van der Waals surface area contributed by atoms with Crippen LogP contribution in [0.15, 0.2) is 73.1 Å². The largest absolute Gasteiger partial charge is 0.295 e. The van der Waals surface area contributed by atoms with Crippen molar-refractivity contribution in [1.82, 2.24) is 24.7 Å². The number of nitrogens with zero attached hydrogens (tertiary/aromatic N) is 5. The summed E-state index contributed by atoms with van der Waals surface area (Å²) in [5.74, 6) is -0.722. The molecular weight excluding hydrogens is 382 g/mol. The molecule has 9 nitrogen and oxygen atoms in total. The van der Waals surface area contributed by atoms with Crippen LogP contribution in [-0.2, 0) is 0 Å². The molecule has 30 heavy (non-hydrogen) atoms. The summed E-state index contributed by atoms with van der Waals surface area (Å²) in [7, 11) is 0. The normalized spacial score (nSPS) is 10.4. The van der Waals surface area contributed by atoms with E-state index in [0.717, 1.165) is 5.56 Å². The molecule has 0 saturated carbocycles. The minimum atomic E-state index is -0.544. The number of carbonyl (C=O) groups is 2. The summed E-state index contributed by atoms with van der Waals surface area (Å²) >= 11 is 0. The van der Waals surface area contributed by atoms with Gasteiger partial charge in [-0.15, -0.1) is 5.10 Å². The number of hydrogen-bond donors (Lipinski definition) is 2. The van der Waals surface area contributed by atoms with Crippen molar-refractivity contribution in [3.8, 4) is 5.69 Å². The predicted molar refractivity (Wildman–Crippen MR) is 110 cm³/mol. The van der Waals surface area contributed by atoms with Gasteiger partial charge in [-0.05, 0) is 36.8 Å². The second-order valence-corrected chi connectivity index (χ2v) is 6.30. The lowest BCUT2D eigenvalue weighted by Crippen LogP contribution is -2.18. The van der Waals surface area contributed by atoms with Gasteiger partial charge in [0.1, 0.15) is 0 Å². The number of aromatic nitrogens is 5. The molecule has 0 aliphatic carbocycles. The van der Waals surface area contributed by atoms with E-state index in [0.29, 0.717) is 11.3 Å². The van der Waals surface area contributed by atoms with Crippen LogP contribution in [0.2, 0.25) is 0 Å². The van der Waals surface area contributed by atoms with Crippen LogP contribution >= 0.6 is 0 Å². The number of benzene rings is 2. The summed E-state index contributed by atoms with van der Waals surface area (Å²) < 4.78 is 1.42. The van der Waals surface area contributed by atoms with E-state index in [2.05, 4.69) is 30.7 Å². The van der Waals surface area contributed by atoms with Crippen molar-refractivity contribution in [2.45, 2.75) is 6.92 Å². The summed E-state index contributed by atoms with van der Waals surface area (Å²) in [6.07, 6.45) is 2.94. The average molecular weight is 399 g/mol. The summed E-state index contributed by atoms with van der Waals surface area (Å²) in [5.41, 5.74) is 2.00. The first-order valence-corrected chi connectivity index (χ1v) is 9.09. The molecule has 0 saturated heterocycles. The second kappa shape index (κ2) is 8.31.